The van der Waals surface area contributed by atoms with Gasteiger partial charge < -0.3 is 4.74 Å². The van der Waals surface area contributed by atoms with Gasteiger partial charge in [0.1, 0.15) is 11.6 Å². The molecule has 0 bridgehead atoms. The summed E-state index contributed by atoms with van der Waals surface area (Å²) in [5.41, 5.74) is -0.812. The van der Waals surface area contributed by atoms with Gasteiger partial charge in [-0.2, -0.15) is 0 Å². The summed E-state index contributed by atoms with van der Waals surface area (Å²) < 4.78 is 34.2. The van der Waals surface area contributed by atoms with Gasteiger partial charge in [-0.3, -0.25) is 4.98 Å². The highest BCUT2D eigenvalue weighted by molar-refractivity contribution is 5.88. The minimum absolute atomic E-state index is 0.0879. The van der Waals surface area contributed by atoms with Crippen molar-refractivity contribution in [2.75, 3.05) is 0 Å². The first kappa shape index (κ1) is 18.5. The number of ether oxygens (including phenoxy) is 1. The van der Waals surface area contributed by atoms with Crippen LogP contribution in [-0.4, -0.2) is 11.0 Å². The monoisotopic (exact) mass is 365 g/mol. The third-order valence-corrected chi connectivity index (χ3v) is 4.12. The van der Waals surface area contributed by atoms with E-state index in [1.807, 2.05) is 0 Å². The number of benzene rings is 2. The Morgan fingerprint density at radius 2 is 1.67 bits per heavy atom. The van der Waals surface area contributed by atoms with Crippen molar-refractivity contribution in [3.63, 3.8) is 0 Å². The quantitative estimate of drug-likeness (QED) is 0.483. The molecule has 3 nitrogen and oxygen atoms in total. The van der Waals surface area contributed by atoms with E-state index in [4.69, 9.17) is 4.74 Å². The van der Waals surface area contributed by atoms with Crippen molar-refractivity contribution in [2.24, 2.45) is 0 Å². The molecule has 0 radical (unpaired) electrons. The lowest BCUT2D eigenvalue weighted by Crippen LogP contribution is -2.37. The predicted octanol–water partition coefficient (Wildman–Crippen LogP) is 4.77. The minimum atomic E-state index is -1.70. The molecule has 0 saturated heterocycles. The summed E-state index contributed by atoms with van der Waals surface area (Å²) in [5, 5.41) is 0. The standard InChI is InChI=1S/C22H17F2NO2/c1-15(2)21(26)27-22(20-9-5-6-14-25-20,16-10-12-17(23)13-11-16)18-7-3-4-8-19(18)24/h3-14H,1H2,2H3. The Morgan fingerprint density at radius 1 is 1.00 bits per heavy atom. The summed E-state index contributed by atoms with van der Waals surface area (Å²) in [6, 6.07) is 16.3. The zero-order valence-corrected chi connectivity index (χ0v) is 14.7. The van der Waals surface area contributed by atoms with Gasteiger partial charge >= 0.3 is 5.97 Å². The van der Waals surface area contributed by atoms with Crippen LogP contribution >= 0.6 is 0 Å². The Balaban J connectivity index is 2.37. The number of pyridine rings is 1. The van der Waals surface area contributed by atoms with Crippen molar-refractivity contribution < 1.29 is 18.3 Å². The summed E-state index contributed by atoms with van der Waals surface area (Å²) in [7, 11) is 0. The molecule has 2 aromatic carbocycles. The van der Waals surface area contributed by atoms with E-state index < -0.39 is 23.2 Å². The molecule has 1 heterocycles. The van der Waals surface area contributed by atoms with Gasteiger partial charge in [-0.15, -0.1) is 0 Å². The highest BCUT2D eigenvalue weighted by Gasteiger charge is 2.44. The molecule has 0 fully saturated rings. The highest BCUT2D eigenvalue weighted by atomic mass is 19.1. The molecule has 0 spiro atoms. The fourth-order valence-electron chi connectivity index (χ4n) is 2.84. The van der Waals surface area contributed by atoms with Crippen LogP contribution in [0.1, 0.15) is 23.7 Å². The summed E-state index contributed by atoms with van der Waals surface area (Å²) in [6.45, 7) is 5.11. The molecule has 0 amide bonds. The Labute approximate surface area is 156 Å². The van der Waals surface area contributed by atoms with Crippen LogP contribution < -0.4 is 0 Å². The van der Waals surface area contributed by atoms with Crippen molar-refractivity contribution in [3.05, 3.63) is 114 Å². The molecule has 136 valence electrons. The molecule has 1 unspecified atom stereocenters. The zero-order valence-electron chi connectivity index (χ0n) is 14.7. The zero-order chi connectivity index (χ0) is 19.4. The first-order valence-electron chi connectivity index (χ1n) is 8.26. The number of aromatic nitrogens is 1. The molecule has 5 heteroatoms. The van der Waals surface area contributed by atoms with Gasteiger partial charge in [0.2, 0.25) is 5.60 Å². The fraction of sp³-hybridized carbons (Fsp3) is 0.0909. The van der Waals surface area contributed by atoms with Crippen LogP contribution in [0.5, 0.6) is 0 Å². The van der Waals surface area contributed by atoms with Crippen LogP contribution in [0.25, 0.3) is 0 Å². The number of nitrogens with zero attached hydrogens (tertiary/aromatic N) is 1. The normalized spacial score (nSPS) is 12.9. The lowest BCUT2D eigenvalue weighted by molar-refractivity contribution is -0.148. The lowest BCUT2D eigenvalue weighted by Gasteiger charge is -2.34. The third kappa shape index (κ3) is 3.49. The van der Waals surface area contributed by atoms with E-state index in [1.165, 1.54) is 55.6 Å². The minimum Gasteiger partial charge on any atom is -0.439 e. The maximum absolute atomic E-state index is 14.9. The van der Waals surface area contributed by atoms with E-state index in [0.29, 0.717) is 5.56 Å². The van der Waals surface area contributed by atoms with Crippen LogP contribution in [0, 0.1) is 11.6 Å². The molecular weight excluding hydrogens is 348 g/mol. The van der Waals surface area contributed by atoms with Crippen LogP contribution in [0.2, 0.25) is 0 Å². The second-order valence-electron chi connectivity index (χ2n) is 6.05. The number of carbonyl (C=O) groups is 1. The Kier molecular flexibility index (Phi) is 5.12. The first-order chi connectivity index (χ1) is 12.9. The van der Waals surface area contributed by atoms with E-state index in [0.717, 1.165) is 0 Å². The molecule has 0 aliphatic heterocycles. The third-order valence-electron chi connectivity index (χ3n) is 4.12. The van der Waals surface area contributed by atoms with Gasteiger partial charge in [-0.25, -0.2) is 13.6 Å². The van der Waals surface area contributed by atoms with Crippen LogP contribution in [0.3, 0.4) is 0 Å². The number of rotatable bonds is 5. The number of hydrogen-bond donors (Lipinski definition) is 0. The van der Waals surface area contributed by atoms with Crippen molar-refractivity contribution in [1.82, 2.24) is 4.98 Å². The Hall–Kier alpha value is -3.34. The second-order valence-corrected chi connectivity index (χ2v) is 6.05. The van der Waals surface area contributed by atoms with Gasteiger partial charge in [0.05, 0.1) is 5.69 Å². The van der Waals surface area contributed by atoms with Crippen molar-refractivity contribution in [2.45, 2.75) is 12.5 Å². The first-order valence-corrected chi connectivity index (χ1v) is 8.26. The smallest absolute Gasteiger partial charge is 0.334 e. The van der Waals surface area contributed by atoms with Gasteiger partial charge in [0.15, 0.2) is 0 Å². The van der Waals surface area contributed by atoms with Gasteiger partial charge in [0, 0.05) is 22.9 Å². The molecular formula is C22H17F2NO2. The van der Waals surface area contributed by atoms with E-state index >= 15 is 0 Å². The predicted molar refractivity (Wildman–Crippen MR) is 97.8 cm³/mol. The molecule has 0 aliphatic rings. The van der Waals surface area contributed by atoms with Gasteiger partial charge in [0.25, 0.3) is 0 Å². The number of carbonyl (C=O) groups excluding carboxylic acids is 1. The maximum Gasteiger partial charge on any atom is 0.334 e. The largest absolute Gasteiger partial charge is 0.439 e. The molecule has 0 saturated carbocycles. The highest BCUT2D eigenvalue weighted by Crippen LogP contribution is 2.41. The summed E-state index contributed by atoms with van der Waals surface area (Å²) in [6.07, 6.45) is 1.52. The summed E-state index contributed by atoms with van der Waals surface area (Å²) in [4.78, 5) is 16.8. The molecule has 1 atom stereocenters. The summed E-state index contributed by atoms with van der Waals surface area (Å²) in [5.74, 6) is -1.76. The van der Waals surface area contributed by atoms with Crippen LogP contribution in [0.15, 0.2) is 85.1 Å². The number of hydrogen-bond acceptors (Lipinski definition) is 3. The van der Waals surface area contributed by atoms with Crippen molar-refractivity contribution in [1.29, 1.82) is 0 Å². The fourth-order valence-corrected chi connectivity index (χ4v) is 2.84. The molecule has 1 aromatic heterocycles. The Morgan fingerprint density at radius 3 is 2.26 bits per heavy atom. The SMILES string of the molecule is C=C(C)C(=O)OC(c1ccc(F)cc1)(c1ccccn1)c1ccccc1F. The average molecular weight is 365 g/mol. The number of halogens is 2. The van der Waals surface area contributed by atoms with Crippen LogP contribution in [0.4, 0.5) is 8.78 Å². The molecule has 3 aromatic rings. The van der Waals surface area contributed by atoms with E-state index in [9.17, 15) is 13.6 Å². The lowest BCUT2D eigenvalue weighted by atomic mass is 9.82. The van der Waals surface area contributed by atoms with Gasteiger partial charge in [-0.05, 0) is 37.3 Å². The van der Waals surface area contributed by atoms with E-state index in [2.05, 4.69) is 11.6 Å². The van der Waals surface area contributed by atoms with Crippen molar-refractivity contribution >= 4 is 5.97 Å². The second kappa shape index (κ2) is 7.50. The maximum atomic E-state index is 14.9. The number of esters is 1. The molecule has 3 rings (SSSR count). The molecule has 27 heavy (non-hydrogen) atoms. The van der Waals surface area contributed by atoms with E-state index in [1.54, 1.807) is 24.3 Å². The Bertz CT molecular complexity index is 971. The van der Waals surface area contributed by atoms with Crippen LogP contribution in [-0.2, 0) is 15.1 Å². The topological polar surface area (TPSA) is 39.2 Å². The average Bonchev–Trinajstić information content (AvgIpc) is 2.68. The van der Waals surface area contributed by atoms with E-state index in [-0.39, 0.29) is 16.8 Å². The van der Waals surface area contributed by atoms with Gasteiger partial charge in [-0.1, -0.05) is 43.0 Å². The van der Waals surface area contributed by atoms with Crippen molar-refractivity contribution in [3.8, 4) is 0 Å². The molecule has 0 N–H and O–H groups in total. The summed E-state index contributed by atoms with van der Waals surface area (Å²) >= 11 is 0. The molecule has 0 aliphatic carbocycles.